The van der Waals surface area contributed by atoms with Crippen LogP contribution in [0.2, 0.25) is 0 Å². The fourth-order valence-electron chi connectivity index (χ4n) is 3.85. The second-order valence-corrected chi connectivity index (χ2v) is 8.35. The summed E-state index contributed by atoms with van der Waals surface area (Å²) in [6.45, 7) is 1.75. The van der Waals surface area contributed by atoms with Gasteiger partial charge < -0.3 is 20.6 Å². The number of aromatic amines is 2. The quantitative estimate of drug-likeness (QED) is 0.214. The van der Waals surface area contributed by atoms with Crippen LogP contribution in [-0.2, 0) is 6.18 Å². The Hall–Kier alpha value is -5.00. The van der Waals surface area contributed by atoms with Crippen LogP contribution in [0.3, 0.4) is 0 Å². The molecule has 0 fully saturated rings. The van der Waals surface area contributed by atoms with Crippen LogP contribution in [-0.4, -0.2) is 31.8 Å². The van der Waals surface area contributed by atoms with E-state index in [1.165, 1.54) is 30.5 Å². The molecule has 0 aliphatic rings. The smallest absolute Gasteiger partial charge is 0.345 e. The number of pyridine rings is 1. The average Bonchev–Trinajstić information content (AvgIpc) is 3.52. The van der Waals surface area contributed by atoms with E-state index in [-0.39, 0.29) is 16.9 Å². The van der Waals surface area contributed by atoms with Gasteiger partial charge >= 0.3 is 6.18 Å². The second kappa shape index (κ2) is 9.47. The Labute approximate surface area is 212 Å². The number of H-pyrrole nitrogens is 2. The normalized spacial score (nSPS) is 11.5. The number of hydrogen-bond acceptors (Lipinski definition) is 4. The van der Waals surface area contributed by atoms with Gasteiger partial charge in [0.2, 0.25) is 5.82 Å². The summed E-state index contributed by atoms with van der Waals surface area (Å²) in [6, 6.07) is 12.7. The summed E-state index contributed by atoms with van der Waals surface area (Å²) in [6.07, 6.45) is -1.72. The van der Waals surface area contributed by atoms with E-state index in [0.717, 1.165) is 12.1 Å². The van der Waals surface area contributed by atoms with Crippen molar-refractivity contribution in [2.75, 3.05) is 10.6 Å². The monoisotopic (exact) mass is 522 g/mol. The van der Waals surface area contributed by atoms with Gasteiger partial charge in [0, 0.05) is 34.7 Å². The molecule has 0 aliphatic heterocycles. The number of fused-ring (bicyclic) bond motifs is 1. The van der Waals surface area contributed by atoms with Crippen LogP contribution in [0.4, 0.5) is 28.9 Å². The van der Waals surface area contributed by atoms with Gasteiger partial charge in [0.15, 0.2) is 0 Å². The van der Waals surface area contributed by atoms with E-state index in [0.29, 0.717) is 27.8 Å². The van der Waals surface area contributed by atoms with Gasteiger partial charge in [-0.2, -0.15) is 13.2 Å². The Kier molecular flexibility index (Phi) is 6.15. The van der Waals surface area contributed by atoms with Crippen molar-refractivity contribution in [3.63, 3.8) is 0 Å². The van der Waals surface area contributed by atoms with Crippen LogP contribution in [0.25, 0.3) is 22.3 Å². The minimum atomic E-state index is -4.84. The number of nitrogens with zero attached hydrogens (tertiary/aromatic N) is 2. The molecule has 192 valence electrons. The van der Waals surface area contributed by atoms with E-state index in [9.17, 15) is 27.2 Å². The third-order valence-corrected chi connectivity index (χ3v) is 5.76. The molecule has 12 heteroatoms. The molecule has 3 heterocycles. The summed E-state index contributed by atoms with van der Waals surface area (Å²) in [5.41, 5.74) is 1.56. The first-order valence-electron chi connectivity index (χ1n) is 11.2. The number of anilines is 2. The van der Waals surface area contributed by atoms with Gasteiger partial charge in [-0.1, -0.05) is 6.07 Å². The summed E-state index contributed by atoms with van der Waals surface area (Å²) < 4.78 is 53.4. The molecule has 0 radical (unpaired) electrons. The highest BCUT2D eigenvalue weighted by molar-refractivity contribution is 6.13. The molecule has 0 atom stereocenters. The SMILES string of the molecule is Cc1ccc(NC(=O)c2[nH]c(C(F)(F)F)nc2-c2ccc(F)cc2)cc1NC(=O)c1c[nH]c2ncccc12. The Morgan fingerprint density at radius 1 is 0.974 bits per heavy atom. The molecule has 0 spiro atoms. The Balaban J connectivity index is 1.42. The molecule has 3 aromatic heterocycles. The predicted molar refractivity (Wildman–Crippen MR) is 132 cm³/mol. The van der Waals surface area contributed by atoms with Crippen molar-refractivity contribution in [3.8, 4) is 11.3 Å². The van der Waals surface area contributed by atoms with Gasteiger partial charge in [0.25, 0.3) is 11.8 Å². The molecule has 0 saturated heterocycles. The summed E-state index contributed by atoms with van der Waals surface area (Å²) in [7, 11) is 0. The van der Waals surface area contributed by atoms with Crippen molar-refractivity contribution in [3.05, 3.63) is 95.5 Å². The van der Waals surface area contributed by atoms with Gasteiger partial charge in [0.05, 0.1) is 5.56 Å². The van der Waals surface area contributed by atoms with Crippen molar-refractivity contribution in [1.82, 2.24) is 19.9 Å². The lowest BCUT2D eigenvalue weighted by molar-refractivity contribution is -0.144. The standard InChI is InChI=1S/C26H18F4N6O2/c1-13-4-9-16(11-19(13)34-23(37)18-12-32-22-17(18)3-2-10-31-22)33-24(38)21-20(14-5-7-15(27)8-6-14)35-25(36-21)26(28,29)30/h2-12H,1H3,(H,31,32)(H,33,38)(H,34,37)(H,35,36). The molecular formula is C26H18F4N6O2. The zero-order valence-corrected chi connectivity index (χ0v) is 19.6. The summed E-state index contributed by atoms with van der Waals surface area (Å²) in [4.78, 5) is 38.6. The third kappa shape index (κ3) is 4.83. The van der Waals surface area contributed by atoms with Gasteiger partial charge in [-0.05, 0) is 61.0 Å². The maximum absolute atomic E-state index is 13.4. The number of hydrogen-bond donors (Lipinski definition) is 4. The van der Waals surface area contributed by atoms with E-state index >= 15 is 0 Å². The van der Waals surface area contributed by atoms with Crippen molar-refractivity contribution in [2.45, 2.75) is 13.1 Å². The first-order chi connectivity index (χ1) is 18.1. The molecule has 0 aliphatic carbocycles. The van der Waals surface area contributed by atoms with Crippen molar-refractivity contribution in [1.29, 1.82) is 0 Å². The molecule has 5 rings (SSSR count). The van der Waals surface area contributed by atoms with Gasteiger partial charge in [-0.25, -0.2) is 14.4 Å². The van der Waals surface area contributed by atoms with Crippen molar-refractivity contribution < 1.29 is 27.2 Å². The molecule has 38 heavy (non-hydrogen) atoms. The van der Waals surface area contributed by atoms with Crippen LogP contribution < -0.4 is 10.6 Å². The van der Waals surface area contributed by atoms with Crippen molar-refractivity contribution in [2.24, 2.45) is 0 Å². The Morgan fingerprint density at radius 2 is 1.74 bits per heavy atom. The largest absolute Gasteiger partial charge is 0.449 e. The van der Waals surface area contributed by atoms with Crippen LogP contribution in [0, 0.1) is 12.7 Å². The lowest BCUT2D eigenvalue weighted by Gasteiger charge is -2.12. The lowest BCUT2D eigenvalue weighted by Crippen LogP contribution is -2.16. The molecule has 0 unspecified atom stereocenters. The van der Waals surface area contributed by atoms with Crippen LogP contribution in [0.15, 0.2) is 67.0 Å². The van der Waals surface area contributed by atoms with E-state index < -0.39 is 35.3 Å². The highest BCUT2D eigenvalue weighted by atomic mass is 19.4. The number of carbonyl (C=O) groups excluding carboxylic acids is 2. The maximum Gasteiger partial charge on any atom is 0.449 e. The van der Waals surface area contributed by atoms with Gasteiger partial charge in [0.1, 0.15) is 22.9 Å². The van der Waals surface area contributed by atoms with Gasteiger partial charge in [-0.3, -0.25) is 9.59 Å². The summed E-state index contributed by atoms with van der Waals surface area (Å²) in [5, 5.41) is 5.94. The van der Waals surface area contributed by atoms with E-state index in [2.05, 4.69) is 25.6 Å². The molecular weight excluding hydrogens is 504 g/mol. The predicted octanol–water partition coefficient (Wildman–Crippen LogP) is 5.92. The molecule has 8 nitrogen and oxygen atoms in total. The molecule has 4 N–H and O–H groups in total. The van der Waals surface area contributed by atoms with E-state index in [1.807, 2.05) is 4.98 Å². The number of aromatic nitrogens is 4. The van der Waals surface area contributed by atoms with Crippen LogP contribution in [0.1, 0.15) is 32.2 Å². The van der Waals surface area contributed by atoms with Crippen molar-refractivity contribution >= 4 is 34.2 Å². The van der Waals surface area contributed by atoms with Crippen LogP contribution in [0.5, 0.6) is 0 Å². The number of halogens is 4. The zero-order valence-electron chi connectivity index (χ0n) is 19.6. The molecule has 2 amide bonds. The third-order valence-electron chi connectivity index (χ3n) is 5.76. The van der Waals surface area contributed by atoms with E-state index in [4.69, 9.17) is 0 Å². The second-order valence-electron chi connectivity index (χ2n) is 8.35. The fourth-order valence-corrected chi connectivity index (χ4v) is 3.85. The number of nitrogens with one attached hydrogen (secondary N) is 4. The minimum Gasteiger partial charge on any atom is -0.345 e. The maximum atomic E-state index is 13.4. The number of alkyl halides is 3. The Morgan fingerprint density at radius 3 is 2.47 bits per heavy atom. The number of benzene rings is 2. The molecule has 2 aromatic carbocycles. The van der Waals surface area contributed by atoms with E-state index in [1.54, 1.807) is 31.3 Å². The molecule has 0 saturated carbocycles. The number of rotatable bonds is 5. The molecule has 5 aromatic rings. The number of imidazole rings is 1. The average molecular weight is 522 g/mol. The number of aryl methyl sites for hydroxylation is 1. The number of carbonyl (C=O) groups is 2. The fraction of sp³-hybridized carbons (Fsp3) is 0.0769. The van der Waals surface area contributed by atoms with Crippen LogP contribution >= 0.6 is 0 Å². The first kappa shape index (κ1) is 24.7. The molecule has 0 bridgehead atoms. The zero-order chi connectivity index (χ0) is 27.0. The van der Waals surface area contributed by atoms with Gasteiger partial charge in [-0.15, -0.1) is 0 Å². The number of amides is 2. The highest BCUT2D eigenvalue weighted by Crippen LogP contribution is 2.32. The Bertz CT molecular complexity index is 1670. The minimum absolute atomic E-state index is 0.119. The lowest BCUT2D eigenvalue weighted by atomic mass is 10.1. The summed E-state index contributed by atoms with van der Waals surface area (Å²) >= 11 is 0. The summed E-state index contributed by atoms with van der Waals surface area (Å²) in [5.74, 6) is -3.29. The highest BCUT2D eigenvalue weighted by Gasteiger charge is 2.37. The first-order valence-corrected chi connectivity index (χ1v) is 11.2. The topological polar surface area (TPSA) is 116 Å².